The van der Waals surface area contributed by atoms with E-state index in [0.717, 1.165) is 10.4 Å². The number of nitrogens with one attached hydrogen (secondary N) is 1. The summed E-state index contributed by atoms with van der Waals surface area (Å²) in [5.41, 5.74) is 0.467. The quantitative estimate of drug-likeness (QED) is 0.647. The Hall–Kier alpha value is -2.34. The van der Waals surface area contributed by atoms with Gasteiger partial charge in [0.15, 0.2) is 0 Å². The zero-order chi connectivity index (χ0) is 23.5. The van der Waals surface area contributed by atoms with Crippen LogP contribution >= 0.6 is 0 Å². The second kappa shape index (κ2) is 9.65. The highest BCUT2D eigenvalue weighted by Gasteiger charge is 2.33. The number of benzene rings is 2. The maximum atomic E-state index is 14.0. The molecular formula is C21H26FN3O5S2. The molecule has 1 heterocycles. The van der Waals surface area contributed by atoms with E-state index in [1.807, 2.05) is 0 Å². The van der Waals surface area contributed by atoms with Crippen molar-refractivity contribution in [1.82, 2.24) is 13.9 Å². The minimum Gasteiger partial charge on any atom is -0.352 e. The summed E-state index contributed by atoms with van der Waals surface area (Å²) in [5.74, 6) is -1.50. The van der Waals surface area contributed by atoms with Crippen LogP contribution in [0.2, 0.25) is 0 Å². The lowest BCUT2D eigenvalue weighted by Crippen LogP contribution is -2.43. The molecule has 0 saturated carbocycles. The molecule has 1 fully saturated rings. The van der Waals surface area contributed by atoms with E-state index in [9.17, 15) is 26.0 Å². The van der Waals surface area contributed by atoms with Crippen LogP contribution < -0.4 is 5.32 Å². The molecule has 0 atom stereocenters. The zero-order valence-corrected chi connectivity index (χ0v) is 19.5. The molecule has 1 saturated heterocycles. The third-order valence-electron chi connectivity index (χ3n) is 5.46. The maximum absolute atomic E-state index is 14.0. The van der Waals surface area contributed by atoms with Gasteiger partial charge in [0.05, 0.1) is 4.90 Å². The first-order valence-corrected chi connectivity index (χ1v) is 13.0. The molecule has 11 heteroatoms. The number of amides is 1. The van der Waals surface area contributed by atoms with Crippen molar-refractivity contribution in [3.63, 3.8) is 0 Å². The molecule has 2 aromatic rings. The highest BCUT2D eigenvalue weighted by molar-refractivity contribution is 7.89. The fourth-order valence-electron chi connectivity index (χ4n) is 3.58. The predicted octanol–water partition coefficient (Wildman–Crippen LogP) is 1.79. The number of rotatable bonds is 7. The average molecular weight is 484 g/mol. The Kier molecular flexibility index (Phi) is 7.33. The lowest BCUT2D eigenvalue weighted by Gasteiger charge is -2.30. The lowest BCUT2D eigenvalue weighted by atomic mass is 9.97. The molecular weight excluding hydrogens is 457 g/mol. The number of sulfonamides is 2. The number of carbonyl (C=O) groups excluding carboxylic acids is 1. The van der Waals surface area contributed by atoms with Crippen LogP contribution in [0.1, 0.15) is 18.4 Å². The molecule has 0 bridgehead atoms. The van der Waals surface area contributed by atoms with Crippen molar-refractivity contribution in [1.29, 1.82) is 0 Å². The van der Waals surface area contributed by atoms with Crippen molar-refractivity contribution >= 4 is 26.0 Å². The van der Waals surface area contributed by atoms with E-state index in [4.69, 9.17) is 0 Å². The fourth-order valence-corrected chi connectivity index (χ4v) is 6.23. The number of hydrogen-bond donors (Lipinski definition) is 1. The molecule has 174 valence electrons. The highest BCUT2D eigenvalue weighted by atomic mass is 32.2. The van der Waals surface area contributed by atoms with Gasteiger partial charge < -0.3 is 5.32 Å². The van der Waals surface area contributed by atoms with Crippen molar-refractivity contribution in [2.24, 2.45) is 5.92 Å². The van der Waals surface area contributed by atoms with Gasteiger partial charge in [-0.2, -0.15) is 4.31 Å². The normalized spacial score (nSPS) is 16.2. The van der Waals surface area contributed by atoms with Gasteiger partial charge in [-0.1, -0.05) is 30.3 Å². The van der Waals surface area contributed by atoms with E-state index < -0.39 is 31.8 Å². The van der Waals surface area contributed by atoms with Gasteiger partial charge in [-0.3, -0.25) is 4.79 Å². The van der Waals surface area contributed by atoms with E-state index >= 15 is 0 Å². The summed E-state index contributed by atoms with van der Waals surface area (Å²) in [5, 5.41) is 2.76. The van der Waals surface area contributed by atoms with Crippen molar-refractivity contribution in [3.8, 4) is 0 Å². The van der Waals surface area contributed by atoms with Crippen LogP contribution in [0.4, 0.5) is 4.39 Å². The molecule has 0 aromatic heterocycles. The molecule has 1 aliphatic heterocycles. The molecule has 1 aliphatic rings. The van der Waals surface area contributed by atoms with Crippen LogP contribution in [0.25, 0.3) is 0 Å². The number of halogens is 1. The third-order valence-corrected chi connectivity index (χ3v) is 9.31. The average Bonchev–Trinajstić information content (AvgIpc) is 2.77. The second-order valence-electron chi connectivity index (χ2n) is 7.72. The van der Waals surface area contributed by atoms with Crippen molar-refractivity contribution in [2.75, 3.05) is 27.2 Å². The summed E-state index contributed by atoms with van der Waals surface area (Å²) in [6.07, 6.45) is 0.578. The first-order chi connectivity index (χ1) is 15.0. The number of carbonyl (C=O) groups is 1. The molecule has 0 unspecified atom stereocenters. The smallest absolute Gasteiger partial charge is 0.245 e. The molecule has 1 N–H and O–H groups in total. The van der Waals surface area contributed by atoms with Gasteiger partial charge in [0, 0.05) is 39.6 Å². The molecule has 8 nitrogen and oxygen atoms in total. The lowest BCUT2D eigenvalue weighted by molar-refractivity contribution is -0.126. The molecule has 32 heavy (non-hydrogen) atoms. The molecule has 2 aromatic carbocycles. The molecule has 0 aliphatic carbocycles. The number of nitrogens with zero attached hydrogens (tertiary/aromatic N) is 2. The van der Waals surface area contributed by atoms with Gasteiger partial charge in [-0.15, -0.1) is 0 Å². The standard InChI is InChI=1S/C21H26FN3O5S2/c1-24(2)31(27,28)19-9-5-3-7-17(19)15-23-21(26)16-11-13-25(14-12-16)32(29,30)20-10-6-4-8-18(20)22/h3-10,16H,11-15H2,1-2H3,(H,23,26). The van der Waals surface area contributed by atoms with Crippen LogP contribution in [0.15, 0.2) is 58.3 Å². The summed E-state index contributed by atoms with van der Waals surface area (Å²) < 4.78 is 66.7. The third kappa shape index (κ3) is 5.01. The van der Waals surface area contributed by atoms with E-state index in [0.29, 0.717) is 5.56 Å². The van der Waals surface area contributed by atoms with Gasteiger partial charge in [0.1, 0.15) is 10.7 Å². The van der Waals surface area contributed by atoms with Gasteiger partial charge in [-0.05, 0) is 36.6 Å². The Morgan fingerprint density at radius 3 is 2.16 bits per heavy atom. The summed E-state index contributed by atoms with van der Waals surface area (Å²) in [6, 6.07) is 11.7. The SMILES string of the molecule is CN(C)S(=O)(=O)c1ccccc1CNC(=O)C1CCN(S(=O)(=O)c2ccccc2F)CC1. The van der Waals surface area contributed by atoms with E-state index in [1.165, 1.54) is 42.7 Å². The van der Waals surface area contributed by atoms with Gasteiger partial charge >= 0.3 is 0 Å². The first-order valence-electron chi connectivity index (χ1n) is 10.1. The molecule has 0 radical (unpaired) electrons. The van der Waals surface area contributed by atoms with Crippen LogP contribution in [-0.2, 0) is 31.4 Å². The van der Waals surface area contributed by atoms with Crippen molar-refractivity contribution in [3.05, 3.63) is 59.9 Å². The van der Waals surface area contributed by atoms with Crippen LogP contribution in [-0.4, -0.2) is 58.5 Å². The van der Waals surface area contributed by atoms with Crippen molar-refractivity contribution in [2.45, 2.75) is 29.2 Å². The van der Waals surface area contributed by atoms with Crippen LogP contribution in [0, 0.1) is 11.7 Å². The predicted molar refractivity (Wildman–Crippen MR) is 117 cm³/mol. The summed E-state index contributed by atoms with van der Waals surface area (Å²) in [7, 11) is -4.75. The van der Waals surface area contributed by atoms with E-state index in [1.54, 1.807) is 18.2 Å². The van der Waals surface area contributed by atoms with Gasteiger partial charge in [-0.25, -0.2) is 25.5 Å². The maximum Gasteiger partial charge on any atom is 0.245 e. The Balaban J connectivity index is 1.63. The van der Waals surface area contributed by atoms with E-state index in [2.05, 4.69) is 5.32 Å². The Bertz CT molecular complexity index is 1190. The van der Waals surface area contributed by atoms with Crippen molar-refractivity contribution < 1.29 is 26.0 Å². The largest absolute Gasteiger partial charge is 0.352 e. The highest BCUT2D eigenvalue weighted by Crippen LogP contribution is 2.26. The van der Waals surface area contributed by atoms with Gasteiger partial charge in [0.25, 0.3) is 0 Å². The molecule has 0 spiro atoms. The minimum atomic E-state index is -3.97. The van der Waals surface area contributed by atoms with Crippen LogP contribution in [0.5, 0.6) is 0 Å². The zero-order valence-electron chi connectivity index (χ0n) is 17.9. The summed E-state index contributed by atoms with van der Waals surface area (Å²) in [6.45, 7) is 0.233. The minimum absolute atomic E-state index is 0.0375. The van der Waals surface area contributed by atoms with Crippen LogP contribution in [0.3, 0.4) is 0 Å². The number of piperidine rings is 1. The Morgan fingerprint density at radius 1 is 1.00 bits per heavy atom. The fraction of sp³-hybridized carbons (Fsp3) is 0.381. The monoisotopic (exact) mass is 483 g/mol. The summed E-state index contributed by atoms with van der Waals surface area (Å²) >= 11 is 0. The summed E-state index contributed by atoms with van der Waals surface area (Å²) in [4.78, 5) is 12.4. The van der Waals surface area contributed by atoms with E-state index in [-0.39, 0.29) is 48.2 Å². The topological polar surface area (TPSA) is 104 Å². The van der Waals surface area contributed by atoms with Gasteiger partial charge in [0.2, 0.25) is 26.0 Å². The number of hydrogen-bond acceptors (Lipinski definition) is 5. The molecule has 1 amide bonds. The molecule has 3 rings (SSSR count). The second-order valence-corrected chi connectivity index (χ2v) is 11.7. The Labute approximate surface area is 188 Å². The first kappa shape index (κ1) is 24.3. The Morgan fingerprint density at radius 2 is 1.56 bits per heavy atom.